The van der Waals surface area contributed by atoms with E-state index < -0.39 is 24.2 Å². The van der Waals surface area contributed by atoms with Crippen LogP contribution >= 0.6 is 11.6 Å². The Labute approximate surface area is 195 Å². The van der Waals surface area contributed by atoms with Crippen molar-refractivity contribution in [2.24, 2.45) is 0 Å². The Hall–Kier alpha value is -3.30. The van der Waals surface area contributed by atoms with Gasteiger partial charge in [0.1, 0.15) is 18.5 Å². The van der Waals surface area contributed by atoms with Crippen LogP contribution < -0.4 is 15.4 Å². The molecule has 0 spiro atoms. The fourth-order valence-corrected chi connectivity index (χ4v) is 4.33. The molecule has 2 aliphatic heterocycles. The van der Waals surface area contributed by atoms with Crippen molar-refractivity contribution < 1.29 is 29.0 Å². The molecule has 33 heavy (non-hydrogen) atoms. The summed E-state index contributed by atoms with van der Waals surface area (Å²) in [5.74, 6) is -0.819. The maximum absolute atomic E-state index is 13.2. The molecule has 1 fully saturated rings. The maximum atomic E-state index is 13.2. The van der Waals surface area contributed by atoms with Gasteiger partial charge in [0.25, 0.3) is 5.91 Å². The van der Waals surface area contributed by atoms with E-state index in [1.54, 1.807) is 54.4 Å². The van der Waals surface area contributed by atoms with E-state index in [0.717, 1.165) is 0 Å². The minimum atomic E-state index is -0.918. The summed E-state index contributed by atoms with van der Waals surface area (Å²) in [6.07, 6.45) is 0.244. The third-order valence-electron chi connectivity index (χ3n) is 5.79. The van der Waals surface area contributed by atoms with E-state index in [9.17, 15) is 14.4 Å². The van der Waals surface area contributed by atoms with Crippen molar-refractivity contribution in [3.05, 3.63) is 53.1 Å². The number of benzene rings is 2. The summed E-state index contributed by atoms with van der Waals surface area (Å²) in [6, 6.07) is 10.9. The van der Waals surface area contributed by atoms with Crippen LogP contribution in [0.2, 0.25) is 5.02 Å². The number of fused-ring (bicyclic) bond motifs is 2. The molecule has 0 radical (unpaired) electrons. The Morgan fingerprint density at radius 1 is 1.18 bits per heavy atom. The van der Waals surface area contributed by atoms with E-state index in [1.807, 2.05) is 0 Å². The third-order valence-corrected chi connectivity index (χ3v) is 6.12. The molecule has 0 aromatic heterocycles. The first-order chi connectivity index (χ1) is 15.8. The van der Waals surface area contributed by atoms with Crippen LogP contribution in [-0.4, -0.2) is 59.8 Å². The molecule has 3 amide bonds. The Balaban J connectivity index is 1.49. The smallest absolute Gasteiger partial charge is 0.323 e. The summed E-state index contributed by atoms with van der Waals surface area (Å²) < 4.78 is 11.8. The number of rotatable bonds is 4. The molecule has 3 N–H and O–H groups in total. The van der Waals surface area contributed by atoms with Gasteiger partial charge in [0.2, 0.25) is 0 Å². The normalized spacial score (nSPS) is 22.2. The molecule has 2 aromatic carbocycles. The number of carboxylic acid groups (broad SMARTS) is 1. The number of carboxylic acids is 1. The minimum absolute atomic E-state index is 0.0806. The van der Waals surface area contributed by atoms with Crippen molar-refractivity contribution in [1.82, 2.24) is 4.90 Å². The Kier molecular flexibility index (Phi) is 6.71. The highest BCUT2D eigenvalue weighted by Gasteiger charge is 2.39. The molecule has 0 saturated carbocycles. The number of nitrogens with one attached hydrogen (secondary N) is 2. The van der Waals surface area contributed by atoms with Crippen molar-refractivity contribution in [2.45, 2.75) is 37.5 Å². The lowest BCUT2D eigenvalue weighted by Crippen LogP contribution is -2.53. The zero-order chi connectivity index (χ0) is 23.5. The van der Waals surface area contributed by atoms with Gasteiger partial charge in [0.15, 0.2) is 0 Å². The number of nitrogens with zero attached hydrogens (tertiary/aromatic N) is 1. The molecular formula is C23H24ClN3O6. The summed E-state index contributed by atoms with van der Waals surface area (Å²) in [5.41, 5.74) is 1.20. The molecule has 3 atom stereocenters. The lowest BCUT2D eigenvalue weighted by atomic mass is 9.94. The molecule has 2 aromatic rings. The van der Waals surface area contributed by atoms with Gasteiger partial charge in [0.05, 0.1) is 34.8 Å². The first kappa shape index (κ1) is 22.9. The second-order valence-corrected chi connectivity index (χ2v) is 8.44. The highest BCUT2D eigenvalue weighted by atomic mass is 35.5. The van der Waals surface area contributed by atoms with Gasteiger partial charge in [-0.15, -0.1) is 0 Å². The first-order valence-electron chi connectivity index (χ1n) is 10.6. The number of carbonyl (C=O) groups is 3. The quantitative estimate of drug-likeness (QED) is 0.621. The van der Waals surface area contributed by atoms with Gasteiger partial charge >= 0.3 is 12.0 Å². The van der Waals surface area contributed by atoms with Gasteiger partial charge in [-0.1, -0.05) is 23.7 Å². The summed E-state index contributed by atoms with van der Waals surface area (Å²) in [5, 5.41) is 14.8. The zero-order valence-electron chi connectivity index (χ0n) is 17.9. The van der Waals surface area contributed by atoms with Gasteiger partial charge < -0.3 is 30.1 Å². The fourth-order valence-electron chi connectivity index (χ4n) is 4.15. The van der Waals surface area contributed by atoms with Crippen LogP contribution in [0.25, 0.3) is 0 Å². The maximum Gasteiger partial charge on any atom is 0.323 e. The summed E-state index contributed by atoms with van der Waals surface area (Å²) in [7, 11) is 1.69. The molecule has 2 aliphatic rings. The number of urea groups is 1. The number of aliphatic carboxylic acids is 1. The molecule has 0 bridgehead atoms. The van der Waals surface area contributed by atoms with E-state index in [2.05, 4.69) is 10.6 Å². The van der Waals surface area contributed by atoms with Crippen molar-refractivity contribution in [3.8, 4) is 5.75 Å². The Morgan fingerprint density at radius 2 is 1.97 bits per heavy atom. The number of ether oxygens (including phenoxy) is 2. The van der Waals surface area contributed by atoms with Crippen LogP contribution in [0.1, 0.15) is 29.6 Å². The number of amides is 3. The van der Waals surface area contributed by atoms with Crippen LogP contribution in [-0.2, 0) is 9.53 Å². The number of halogens is 1. The van der Waals surface area contributed by atoms with Crippen molar-refractivity contribution in [2.75, 3.05) is 24.3 Å². The van der Waals surface area contributed by atoms with Crippen molar-refractivity contribution >= 4 is 40.9 Å². The number of anilines is 2. The van der Waals surface area contributed by atoms with E-state index in [-0.39, 0.29) is 25.0 Å². The SMILES string of the molecule is CN1C(=O)c2cc(NC(=O)Nc3ccccc3Cl)ccc2OC[C@@H]2O[C@@H](CC(=O)O)CC[C@@H]21. The second-order valence-electron chi connectivity index (χ2n) is 8.04. The van der Waals surface area contributed by atoms with Crippen LogP contribution in [0.3, 0.4) is 0 Å². The number of hydrogen-bond donors (Lipinski definition) is 3. The summed E-state index contributed by atoms with van der Waals surface area (Å²) in [4.78, 5) is 38.3. The molecule has 2 heterocycles. The minimum Gasteiger partial charge on any atom is -0.490 e. The van der Waals surface area contributed by atoms with Gasteiger partial charge in [-0.3, -0.25) is 9.59 Å². The van der Waals surface area contributed by atoms with Gasteiger partial charge in [0, 0.05) is 12.7 Å². The first-order valence-corrected chi connectivity index (χ1v) is 10.9. The third kappa shape index (κ3) is 5.20. The Bertz CT molecular complexity index is 1080. The van der Waals surface area contributed by atoms with Crippen LogP contribution in [0, 0.1) is 0 Å². The van der Waals surface area contributed by atoms with Crippen LogP contribution in [0.15, 0.2) is 42.5 Å². The second kappa shape index (κ2) is 9.68. The fraction of sp³-hybridized carbons (Fsp3) is 0.348. The average Bonchev–Trinajstić information content (AvgIpc) is 2.78. The summed E-state index contributed by atoms with van der Waals surface area (Å²) >= 11 is 6.08. The monoisotopic (exact) mass is 473 g/mol. The number of hydrogen-bond acceptors (Lipinski definition) is 5. The van der Waals surface area contributed by atoms with E-state index in [4.69, 9.17) is 26.2 Å². The van der Waals surface area contributed by atoms with Crippen molar-refractivity contribution in [1.29, 1.82) is 0 Å². The molecule has 4 rings (SSSR count). The van der Waals surface area contributed by atoms with Gasteiger partial charge in [-0.25, -0.2) is 4.79 Å². The van der Waals surface area contributed by atoms with E-state index >= 15 is 0 Å². The molecule has 174 valence electrons. The molecular weight excluding hydrogens is 450 g/mol. The standard InChI is InChI=1S/C23H24ClN3O6/c1-27-18-8-7-14(11-21(28)29)33-20(18)12-32-19-9-6-13(10-15(19)22(27)30)25-23(31)26-17-5-3-2-4-16(17)24/h2-6,9-10,14,18,20H,7-8,11-12H2,1H3,(H,28,29)(H2,25,26,31)/t14-,18+,20+/m1/s1. The molecule has 9 nitrogen and oxygen atoms in total. The molecule has 0 unspecified atom stereocenters. The highest BCUT2D eigenvalue weighted by Crippen LogP contribution is 2.32. The topological polar surface area (TPSA) is 117 Å². The predicted octanol–water partition coefficient (Wildman–Crippen LogP) is 3.84. The average molecular weight is 474 g/mol. The predicted molar refractivity (Wildman–Crippen MR) is 122 cm³/mol. The zero-order valence-corrected chi connectivity index (χ0v) is 18.7. The van der Waals surface area contributed by atoms with E-state index in [1.165, 1.54) is 0 Å². The molecule has 10 heteroatoms. The number of likely N-dealkylation sites (N-methyl/N-ethyl adjacent to an activating group) is 1. The highest BCUT2D eigenvalue weighted by molar-refractivity contribution is 6.33. The number of para-hydroxylation sites is 1. The molecule has 1 saturated heterocycles. The van der Waals surface area contributed by atoms with Crippen LogP contribution in [0.5, 0.6) is 5.75 Å². The van der Waals surface area contributed by atoms with E-state index in [0.29, 0.717) is 40.6 Å². The van der Waals surface area contributed by atoms with Crippen molar-refractivity contribution in [3.63, 3.8) is 0 Å². The van der Waals surface area contributed by atoms with Crippen LogP contribution in [0.4, 0.5) is 16.2 Å². The van der Waals surface area contributed by atoms with Gasteiger partial charge in [-0.05, 0) is 43.2 Å². The molecule has 0 aliphatic carbocycles. The largest absolute Gasteiger partial charge is 0.490 e. The lowest BCUT2D eigenvalue weighted by molar-refractivity contribution is -0.148. The lowest BCUT2D eigenvalue weighted by Gasteiger charge is -2.42. The van der Waals surface area contributed by atoms with Gasteiger partial charge in [-0.2, -0.15) is 0 Å². The Morgan fingerprint density at radius 3 is 2.73 bits per heavy atom. The summed E-state index contributed by atoms with van der Waals surface area (Å²) in [6.45, 7) is 0.186. The number of carbonyl (C=O) groups excluding carboxylic acids is 2.